The fraction of sp³-hybridized carbons (Fsp3) is 0.300. The highest BCUT2D eigenvalue weighted by atomic mass is 16.4. The van der Waals surface area contributed by atoms with E-state index in [0.717, 1.165) is 11.1 Å². The Morgan fingerprint density at radius 3 is 2.42 bits per heavy atom. The van der Waals surface area contributed by atoms with E-state index < -0.39 is 11.5 Å². The molecule has 24 heavy (non-hydrogen) atoms. The van der Waals surface area contributed by atoms with Gasteiger partial charge in [0.05, 0.1) is 0 Å². The summed E-state index contributed by atoms with van der Waals surface area (Å²) in [5.41, 5.74) is 2.07. The Balaban J connectivity index is 1.61. The average Bonchev–Trinajstić information content (AvgIpc) is 3.31. The van der Waals surface area contributed by atoms with Crippen LogP contribution in [0.25, 0.3) is 0 Å². The van der Waals surface area contributed by atoms with Crippen LogP contribution in [0.3, 0.4) is 0 Å². The van der Waals surface area contributed by atoms with Gasteiger partial charge in [-0.3, -0.25) is 4.79 Å². The number of aliphatic carboxylic acids is 1. The summed E-state index contributed by atoms with van der Waals surface area (Å²) in [5, 5.41) is 12.3. The van der Waals surface area contributed by atoms with Crippen molar-refractivity contribution in [2.75, 3.05) is 0 Å². The average molecular weight is 323 g/mol. The summed E-state index contributed by atoms with van der Waals surface area (Å²) in [6, 6.07) is 17.5. The first-order valence-corrected chi connectivity index (χ1v) is 8.16. The van der Waals surface area contributed by atoms with Gasteiger partial charge in [-0.05, 0) is 30.9 Å². The zero-order chi connectivity index (χ0) is 17.2. The molecule has 2 atom stereocenters. The molecule has 1 amide bonds. The Morgan fingerprint density at radius 1 is 1.12 bits per heavy atom. The number of amides is 1. The molecule has 0 heterocycles. The maximum absolute atomic E-state index is 12.2. The second-order valence-corrected chi connectivity index (χ2v) is 6.48. The van der Waals surface area contributed by atoms with Gasteiger partial charge >= 0.3 is 5.97 Å². The molecule has 1 fully saturated rings. The second-order valence-electron chi connectivity index (χ2n) is 6.48. The number of carboxylic acids is 1. The maximum atomic E-state index is 12.2. The topological polar surface area (TPSA) is 66.4 Å². The summed E-state index contributed by atoms with van der Waals surface area (Å²) >= 11 is 0. The first kappa shape index (κ1) is 16.2. The molecule has 3 rings (SSSR count). The summed E-state index contributed by atoms with van der Waals surface area (Å²) in [7, 11) is 0. The molecule has 1 aliphatic rings. The van der Waals surface area contributed by atoms with Crippen molar-refractivity contribution in [3.8, 4) is 0 Å². The molecule has 2 N–H and O–H groups in total. The lowest BCUT2D eigenvalue weighted by atomic mass is 10.0. The number of hydrogen-bond acceptors (Lipinski definition) is 2. The van der Waals surface area contributed by atoms with Crippen molar-refractivity contribution in [3.63, 3.8) is 0 Å². The molecule has 2 aromatic carbocycles. The third-order valence-electron chi connectivity index (χ3n) is 4.67. The molecule has 0 saturated heterocycles. The Labute approximate surface area is 141 Å². The highest BCUT2D eigenvalue weighted by molar-refractivity contribution is 5.91. The molecule has 1 saturated carbocycles. The third kappa shape index (κ3) is 3.32. The maximum Gasteiger partial charge on any atom is 0.330 e. The van der Waals surface area contributed by atoms with E-state index in [0.29, 0.717) is 19.3 Å². The molecule has 0 radical (unpaired) electrons. The zero-order valence-electron chi connectivity index (χ0n) is 13.7. The molecule has 1 aliphatic carbocycles. The summed E-state index contributed by atoms with van der Waals surface area (Å²) in [5.74, 6) is -1.32. The van der Waals surface area contributed by atoms with Gasteiger partial charge in [-0.2, -0.15) is 0 Å². The van der Waals surface area contributed by atoms with Crippen molar-refractivity contribution < 1.29 is 14.7 Å². The smallest absolute Gasteiger partial charge is 0.330 e. The van der Waals surface area contributed by atoms with Crippen LogP contribution in [0.1, 0.15) is 35.4 Å². The van der Waals surface area contributed by atoms with E-state index in [-0.39, 0.29) is 11.8 Å². The van der Waals surface area contributed by atoms with Gasteiger partial charge < -0.3 is 10.4 Å². The van der Waals surface area contributed by atoms with E-state index in [9.17, 15) is 14.7 Å². The molecule has 2 unspecified atom stereocenters. The predicted molar refractivity (Wildman–Crippen MR) is 91.8 cm³/mol. The predicted octanol–water partition coefficient (Wildman–Crippen LogP) is 3.05. The fourth-order valence-electron chi connectivity index (χ4n) is 3.10. The standard InChI is InChI=1S/C20H21NO3/c1-14-7-9-15(10-8-14)11-12-18(22)21-20(19(23)24)13-17(20)16-5-3-2-4-6-16/h2-10,17H,11-13H2,1H3,(H,21,22)(H,23,24). The third-order valence-corrected chi connectivity index (χ3v) is 4.67. The van der Waals surface area contributed by atoms with Gasteiger partial charge in [-0.15, -0.1) is 0 Å². The van der Waals surface area contributed by atoms with E-state index in [4.69, 9.17) is 0 Å². The van der Waals surface area contributed by atoms with Gasteiger partial charge in [-0.1, -0.05) is 60.2 Å². The lowest BCUT2D eigenvalue weighted by Crippen LogP contribution is -2.44. The SMILES string of the molecule is Cc1ccc(CCC(=O)NC2(C(=O)O)CC2c2ccccc2)cc1. The molecule has 0 bridgehead atoms. The van der Waals surface area contributed by atoms with E-state index in [1.807, 2.05) is 61.5 Å². The molecule has 4 heteroatoms. The highest BCUT2D eigenvalue weighted by Crippen LogP contribution is 2.51. The number of nitrogens with one attached hydrogen (secondary N) is 1. The van der Waals surface area contributed by atoms with Gasteiger partial charge in [0.25, 0.3) is 0 Å². The van der Waals surface area contributed by atoms with Crippen LogP contribution in [0.4, 0.5) is 0 Å². The molecule has 4 nitrogen and oxygen atoms in total. The quantitative estimate of drug-likeness (QED) is 0.858. The number of carboxylic acid groups (broad SMARTS) is 1. The molecular weight excluding hydrogens is 302 g/mol. The lowest BCUT2D eigenvalue weighted by Gasteiger charge is -2.15. The van der Waals surface area contributed by atoms with Gasteiger partial charge in [0.1, 0.15) is 5.54 Å². The molecule has 0 aromatic heterocycles. The van der Waals surface area contributed by atoms with Crippen LogP contribution in [0.2, 0.25) is 0 Å². The Morgan fingerprint density at radius 2 is 1.79 bits per heavy atom. The van der Waals surface area contributed by atoms with Crippen LogP contribution in [0, 0.1) is 6.92 Å². The minimum Gasteiger partial charge on any atom is -0.479 e. The monoisotopic (exact) mass is 323 g/mol. The number of rotatable bonds is 6. The van der Waals surface area contributed by atoms with Gasteiger partial charge in [0.2, 0.25) is 5.91 Å². The minimum atomic E-state index is -1.15. The Kier molecular flexibility index (Phi) is 4.38. The van der Waals surface area contributed by atoms with Crippen molar-refractivity contribution >= 4 is 11.9 Å². The van der Waals surface area contributed by atoms with Crippen molar-refractivity contribution in [2.24, 2.45) is 0 Å². The first-order valence-electron chi connectivity index (χ1n) is 8.16. The molecular formula is C20H21NO3. The Bertz CT molecular complexity index is 739. The largest absolute Gasteiger partial charge is 0.479 e. The highest BCUT2D eigenvalue weighted by Gasteiger charge is 2.62. The second kappa shape index (κ2) is 6.48. The summed E-state index contributed by atoms with van der Waals surface area (Å²) in [6.07, 6.45) is 1.35. The van der Waals surface area contributed by atoms with Crippen molar-refractivity contribution in [1.29, 1.82) is 0 Å². The van der Waals surface area contributed by atoms with Gasteiger partial charge in [0, 0.05) is 12.3 Å². The lowest BCUT2D eigenvalue weighted by molar-refractivity contribution is -0.143. The number of carbonyl (C=O) groups excluding carboxylic acids is 1. The molecule has 0 spiro atoms. The van der Waals surface area contributed by atoms with Crippen LogP contribution in [-0.4, -0.2) is 22.5 Å². The van der Waals surface area contributed by atoms with Crippen molar-refractivity contribution in [3.05, 3.63) is 71.3 Å². The van der Waals surface area contributed by atoms with Gasteiger partial charge in [-0.25, -0.2) is 4.79 Å². The zero-order valence-corrected chi connectivity index (χ0v) is 13.7. The Hall–Kier alpha value is -2.62. The molecule has 2 aromatic rings. The van der Waals surface area contributed by atoms with E-state index >= 15 is 0 Å². The molecule has 0 aliphatic heterocycles. The van der Waals surface area contributed by atoms with Crippen molar-refractivity contribution in [2.45, 2.75) is 37.6 Å². The number of carbonyl (C=O) groups is 2. The van der Waals surface area contributed by atoms with Crippen LogP contribution < -0.4 is 5.32 Å². The van der Waals surface area contributed by atoms with Crippen LogP contribution in [0.5, 0.6) is 0 Å². The summed E-state index contributed by atoms with van der Waals surface area (Å²) in [4.78, 5) is 23.9. The number of aryl methyl sites for hydroxylation is 2. The summed E-state index contributed by atoms with van der Waals surface area (Å²) in [6.45, 7) is 2.02. The fourth-order valence-corrected chi connectivity index (χ4v) is 3.10. The minimum absolute atomic E-state index is 0.153. The first-order chi connectivity index (χ1) is 11.5. The van der Waals surface area contributed by atoms with E-state index in [2.05, 4.69) is 5.32 Å². The normalized spacial score (nSPS) is 22.0. The summed E-state index contributed by atoms with van der Waals surface area (Å²) < 4.78 is 0. The van der Waals surface area contributed by atoms with E-state index in [1.165, 1.54) is 5.56 Å². The van der Waals surface area contributed by atoms with E-state index in [1.54, 1.807) is 0 Å². The van der Waals surface area contributed by atoms with Crippen molar-refractivity contribution in [1.82, 2.24) is 5.32 Å². The van der Waals surface area contributed by atoms with Crippen LogP contribution in [0.15, 0.2) is 54.6 Å². The number of hydrogen-bond donors (Lipinski definition) is 2. The van der Waals surface area contributed by atoms with Crippen LogP contribution in [-0.2, 0) is 16.0 Å². The molecule has 124 valence electrons. The van der Waals surface area contributed by atoms with Gasteiger partial charge in [0.15, 0.2) is 0 Å². The number of benzene rings is 2. The van der Waals surface area contributed by atoms with Crippen LogP contribution >= 0.6 is 0 Å².